The van der Waals surface area contributed by atoms with Crippen LogP contribution in [0.5, 0.6) is 0 Å². The van der Waals surface area contributed by atoms with Crippen LogP contribution in [0.3, 0.4) is 0 Å². The number of hydrogen-bond donors (Lipinski definition) is 20. The van der Waals surface area contributed by atoms with Crippen molar-refractivity contribution < 1.29 is 154 Å². The molecule has 6 aliphatic heterocycles. The number of amides is 2. The molecule has 6 heterocycles. The van der Waals surface area contributed by atoms with Crippen molar-refractivity contribution >= 4 is 11.8 Å². The molecule has 0 bridgehead atoms. The maximum atomic E-state index is 12.6. The van der Waals surface area contributed by atoms with Crippen molar-refractivity contribution in [1.29, 1.82) is 0 Å². The van der Waals surface area contributed by atoms with Gasteiger partial charge in [-0.1, -0.05) is 0 Å². The van der Waals surface area contributed by atoms with Crippen LogP contribution in [0.2, 0.25) is 0 Å². The van der Waals surface area contributed by atoms with Gasteiger partial charge in [-0.25, -0.2) is 0 Å². The van der Waals surface area contributed by atoms with Crippen molar-refractivity contribution in [1.82, 2.24) is 10.6 Å². The quantitative estimate of drug-likeness (QED) is 0.0606. The summed E-state index contributed by atoms with van der Waals surface area (Å²) >= 11 is 0. The predicted octanol–water partition coefficient (Wildman–Crippen LogP) is -13.8. The lowest BCUT2D eigenvalue weighted by Gasteiger charge is -2.50. The Kier molecular flexibility index (Phi) is 21.3. The molecule has 0 spiro atoms. The Labute approximate surface area is 413 Å². The van der Waals surface area contributed by atoms with E-state index in [-0.39, 0.29) is 0 Å². The first-order chi connectivity index (χ1) is 34.5. The van der Waals surface area contributed by atoms with Crippen LogP contribution in [-0.2, 0) is 61.7 Å². The zero-order chi connectivity index (χ0) is 53.9. The number of carbonyl (C=O) groups is 2. The summed E-state index contributed by atoms with van der Waals surface area (Å²) in [6, 6.07) is -3.28. The number of rotatable bonds is 18. The highest BCUT2D eigenvalue weighted by atomic mass is 16.8. The predicted molar refractivity (Wildman–Crippen MR) is 222 cm³/mol. The van der Waals surface area contributed by atoms with E-state index in [1.165, 1.54) is 0 Å². The first-order valence-electron chi connectivity index (χ1n) is 23.1. The van der Waals surface area contributed by atoms with Crippen molar-refractivity contribution in [2.75, 3.05) is 39.6 Å². The molecule has 6 rings (SSSR count). The Balaban J connectivity index is 1.26. The summed E-state index contributed by atoms with van der Waals surface area (Å²) in [6.07, 6.45) is -53.5. The van der Waals surface area contributed by atoms with Gasteiger partial charge >= 0.3 is 0 Å². The second kappa shape index (κ2) is 26.0. The van der Waals surface area contributed by atoms with Crippen LogP contribution in [0.1, 0.15) is 13.8 Å². The third kappa shape index (κ3) is 13.0. The highest BCUT2D eigenvalue weighted by molar-refractivity contribution is 5.73. The molecular weight excluding hydrogens is 1000 g/mol. The molecule has 0 aliphatic carbocycles. The van der Waals surface area contributed by atoms with E-state index in [2.05, 4.69) is 10.6 Å². The van der Waals surface area contributed by atoms with Crippen LogP contribution in [0.15, 0.2) is 0 Å². The van der Waals surface area contributed by atoms with Crippen LogP contribution < -0.4 is 10.6 Å². The summed E-state index contributed by atoms with van der Waals surface area (Å²) in [5.41, 5.74) is 0. The molecule has 0 unspecified atom stereocenters. The lowest BCUT2D eigenvalue weighted by Crippen LogP contribution is -2.70. The van der Waals surface area contributed by atoms with Gasteiger partial charge in [0.1, 0.15) is 146 Å². The molecule has 0 saturated carbocycles. The zero-order valence-electron chi connectivity index (χ0n) is 38.9. The van der Waals surface area contributed by atoms with E-state index in [1.807, 2.05) is 0 Å². The first kappa shape index (κ1) is 60.0. The number of aliphatic hydroxyl groups is 18. The molecule has 0 aromatic heterocycles. The lowest BCUT2D eigenvalue weighted by atomic mass is 9.94. The fraction of sp³-hybridized carbons (Fsp3) is 0.950. The van der Waals surface area contributed by atoms with Gasteiger partial charge in [-0.05, 0) is 0 Å². The van der Waals surface area contributed by atoms with Gasteiger partial charge in [0.2, 0.25) is 11.8 Å². The monoisotopic (exact) mass is 1070 g/mol. The van der Waals surface area contributed by atoms with E-state index in [9.17, 15) is 102 Å². The van der Waals surface area contributed by atoms with E-state index >= 15 is 0 Å². The van der Waals surface area contributed by atoms with Gasteiger partial charge < -0.3 is 155 Å². The Morgan fingerprint density at radius 2 is 0.699 bits per heavy atom. The maximum absolute atomic E-state index is 12.6. The molecule has 0 aromatic carbocycles. The second-order valence-corrected chi connectivity index (χ2v) is 18.3. The van der Waals surface area contributed by atoms with Crippen molar-refractivity contribution in [2.45, 2.75) is 198 Å². The average molecular weight is 1070 g/mol. The Morgan fingerprint density at radius 1 is 0.356 bits per heavy atom. The molecule has 0 radical (unpaired) electrons. The Morgan fingerprint density at radius 3 is 1.18 bits per heavy atom. The van der Waals surface area contributed by atoms with Crippen LogP contribution in [0.4, 0.5) is 0 Å². The van der Waals surface area contributed by atoms with Gasteiger partial charge in [0, 0.05) is 13.8 Å². The molecule has 20 N–H and O–H groups in total. The van der Waals surface area contributed by atoms with E-state index in [0.717, 1.165) is 13.8 Å². The van der Waals surface area contributed by atoms with Gasteiger partial charge in [-0.2, -0.15) is 0 Å². The van der Waals surface area contributed by atoms with Crippen molar-refractivity contribution in [3.05, 3.63) is 0 Å². The molecule has 30 atom stereocenters. The molecule has 6 saturated heterocycles. The van der Waals surface area contributed by atoms with E-state index < -0.39 is 236 Å². The fourth-order valence-electron chi connectivity index (χ4n) is 9.21. The molecule has 33 nitrogen and oxygen atoms in total. The van der Waals surface area contributed by atoms with Crippen molar-refractivity contribution in [2.24, 2.45) is 0 Å². The standard InChI is InChI=1S/C40H68N2O31/c1-9(48)41-17-23(54)31(14(6-46)64-35(17)62)70-36-18(42-10(2)49)24(55)32(15(7-47)68-36)71-40-30(61)34(73-39-28(59)26(57)20(51)12(4-44)67-39)22(53)16(69-40)8-63-37-29(60)33(21(52)13(5-45)65-37)72-38-27(58)25(56)19(50)11(3-43)66-38/h11-40,43-47,50-62H,3-8H2,1-2H3,(H,41,48)(H,42,49)/t11-,12-,13-,14-,15-,16-,17-,18-,19-,20-,21-,22-,23-,24-,25+,26+,27+,28+,29+,30+,31-,32-,33+,34+,35-,36+,37+,38-,39-,40+/m1/s1. The number of carbonyl (C=O) groups excluding carboxylic acids is 2. The molecule has 0 aromatic rings. The van der Waals surface area contributed by atoms with Crippen molar-refractivity contribution in [3.63, 3.8) is 0 Å². The number of aliphatic hydroxyl groups excluding tert-OH is 18. The summed E-state index contributed by atoms with van der Waals surface area (Å²) < 4.78 is 62.5. The summed E-state index contributed by atoms with van der Waals surface area (Å²) in [7, 11) is 0. The highest BCUT2D eigenvalue weighted by Crippen LogP contribution is 2.36. The summed E-state index contributed by atoms with van der Waals surface area (Å²) in [4.78, 5) is 24.4. The molecular formula is C40H68N2O31. The summed E-state index contributed by atoms with van der Waals surface area (Å²) in [5.74, 6) is -1.55. The second-order valence-electron chi connectivity index (χ2n) is 18.3. The van der Waals surface area contributed by atoms with Gasteiger partial charge in [0.05, 0.1) is 39.6 Å². The number of nitrogens with one attached hydrogen (secondary N) is 2. The number of ether oxygens (including phenoxy) is 11. The zero-order valence-corrected chi connectivity index (χ0v) is 38.9. The number of hydrogen-bond acceptors (Lipinski definition) is 31. The third-order valence-electron chi connectivity index (χ3n) is 13.2. The minimum atomic E-state index is -2.27. The smallest absolute Gasteiger partial charge is 0.217 e. The molecule has 73 heavy (non-hydrogen) atoms. The van der Waals surface area contributed by atoms with Gasteiger partial charge in [-0.3, -0.25) is 9.59 Å². The molecule has 6 aliphatic rings. The maximum Gasteiger partial charge on any atom is 0.217 e. The van der Waals surface area contributed by atoms with Gasteiger partial charge in [0.25, 0.3) is 0 Å². The fourth-order valence-corrected chi connectivity index (χ4v) is 9.21. The van der Waals surface area contributed by atoms with Gasteiger partial charge in [-0.15, -0.1) is 0 Å². The van der Waals surface area contributed by atoms with E-state index in [4.69, 9.17) is 52.1 Å². The summed E-state index contributed by atoms with van der Waals surface area (Å²) in [6.45, 7) is -3.62. The lowest BCUT2D eigenvalue weighted by molar-refractivity contribution is -0.386. The van der Waals surface area contributed by atoms with E-state index in [0.29, 0.717) is 0 Å². The Bertz CT molecular complexity index is 1750. The van der Waals surface area contributed by atoms with Crippen molar-refractivity contribution in [3.8, 4) is 0 Å². The van der Waals surface area contributed by atoms with Crippen LogP contribution >= 0.6 is 0 Å². The summed E-state index contributed by atoms with van der Waals surface area (Å²) in [5, 5.41) is 197. The molecule has 424 valence electrons. The van der Waals surface area contributed by atoms with Crippen LogP contribution in [0, 0.1) is 0 Å². The molecule has 6 fully saturated rings. The minimum absolute atomic E-state index is 0.716. The highest BCUT2D eigenvalue weighted by Gasteiger charge is 2.57. The normalized spacial score (nSPS) is 49.8. The minimum Gasteiger partial charge on any atom is -0.394 e. The average Bonchev–Trinajstić information content (AvgIpc) is 3.35. The molecule has 33 heteroatoms. The van der Waals surface area contributed by atoms with Crippen LogP contribution in [0.25, 0.3) is 0 Å². The molecule has 2 amide bonds. The van der Waals surface area contributed by atoms with Crippen LogP contribution in [-0.4, -0.2) is 327 Å². The van der Waals surface area contributed by atoms with E-state index in [1.54, 1.807) is 0 Å². The largest absolute Gasteiger partial charge is 0.394 e. The topological polar surface area (TPSA) is 524 Å². The Hall–Kier alpha value is -2.22. The third-order valence-corrected chi connectivity index (χ3v) is 13.2. The SMILES string of the molecule is CC(=O)N[C@@H]1[C@@H](O)[C@H](O[C@@H]2O[C@H](CO)[C@@H](O[C@@H]3O[C@H](CO[C@H]4O[C@H](CO)[C@@H](O)[C@H](O[C@H]5O[C@H](CO)[C@@H](O)[C@H](O)[C@@H]5O)[C@@H]4O)[C@@H](O)[C@H](O[C@H]4O[C@H](CO)[C@@H](O)[C@H](O)[C@@H]4O)[C@@H]3O)[C@H](O)[C@H]2NC(C)=O)[C@@H](CO)O[C@H]1O. The van der Waals surface area contributed by atoms with Gasteiger partial charge in [0.15, 0.2) is 37.7 Å². The first-order valence-corrected chi connectivity index (χ1v) is 23.1.